The number of nitrogens with zero attached hydrogens (tertiary/aromatic N) is 2. The van der Waals surface area contributed by atoms with Gasteiger partial charge in [0.1, 0.15) is 11.3 Å². The molecule has 0 radical (unpaired) electrons. The quantitative estimate of drug-likeness (QED) is 0.380. The number of anilines is 1. The fraction of sp³-hybridized carbons (Fsp3) is 0.241. The summed E-state index contributed by atoms with van der Waals surface area (Å²) >= 11 is 0. The van der Waals surface area contributed by atoms with Gasteiger partial charge >= 0.3 is 5.63 Å². The highest BCUT2D eigenvalue weighted by atomic mass is 16.5. The van der Waals surface area contributed by atoms with E-state index < -0.39 is 5.63 Å². The fourth-order valence-electron chi connectivity index (χ4n) is 4.38. The number of carbonyl (C=O) groups is 1. The van der Waals surface area contributed by atoms with Crippen LogP contribution in [-0.2, 0) is 17.9 Å². The van der Waals surface area contributed by atoms with Gasteiger partial charge in [-0.3, -0.25) is 14.6 Å². The number of hydrogen-bond acceptors (Lipinski definition) is 6. The van der Waals surface area contributed by atoms with Gasteiger partial charge < -0.3 is 14.5 Å². The molecular formula is C29H29N3O4. The van der Waals surface area contributed by atoms with Gasteiger partial charge in [-0.05, 0) is 41.5 Å². The molecule has 0 spiro atoms. The van der Waals surface area contributed by atoms with Crippen molar-refractivity contribution in [3.63, 3.8) is 0 Å². The van der Waals surface area contributed by atoms with Gasteiger partial charge in [-0.2, -0.15) is 0 Å². The number of benzene rings is 3. The zero-order valence-electron chi connectivity index (χ0n) is 20.1. The second kappa shape index (κ2) is 11.2. The minimum absolute atomic E-state index is 0.141. The second-order valence-electron chi connectivity index (χ2n) is 9.03. The molecule has 3 aromatic carbocycles. The smallest absolute Gasteiger partial charge is 0.336 e. The van der Waals surface area contributed by atoms with Crippen LogP contribution in [-0.4, -0.2) is 48.5 Å². The average Bonchev–Trinajstić information content (AvgIpc) is 2.90. The maximum Gasteiger partial charge on any atom is 0.336 e. The summed E-state index contributed by atoms with van der Waals surface area (Å²) in [4.78, 5) is 28.7. The van der Waals surface area contributed by atoms with E-state index in [1.165, 1.54) is 17.2 Å². The van der Waals surface area contributed by atoms with Gasteiger partial charge in [0.25, 0.3) is 5.91 Å². The van der Waals surface area contributed by atoms with Gasteiger partial charge in [-0.15, -0.1) is 0 Å². The van der Waals surface area contributed by atoms with E-state index in [-0.39, 0.29) is 12.5 Å². The molecule has 1 amide bonds. The van der Waals surface area contributed by atoms with Crippen LogP contribution < -0.4 is 15.7 Å². The maximum atomic E-state index is 12.3. The SMILES string of the molecule is O=C(COc1ccc2ccc(=O)oc2c1)Nc1ccc(CN2CCN(Cc3ccccc3)CC2)cc1. The van der Waals surface area contributed by atoms with Crippen molar-refractivity contribution in [2.75, 3.05) is 38.1 Å². The Kier molecular flexibility index (Phi) is 7.40. The predicted molar refractivity (Wildman–Crippen MR) is 140 cm³/mol. The lowest BCUT2D eigenvalue weighted by Crippen LogP contribution is -2.45. The molecule has 2 heterocycles. The summed E-state index contributed by atoms with van der Waals surface area (Å²) in [5.41, 5.74) is 3.31. The van der Waals surface area contributed by atoms with Crippen LogP contribution in [0.2, 0.25) is 0 Å². The number of carbonyl (C=O) groups excluding carboxylic acids is 1. The van der Waals surface area contributed by atoms with E-state index in [1.54, 1.807) is 24.3 Å². The van der Waals surface area contributed by atoms with Crippen molar-refractivity contribution in [2.45, 2.75) is 13.1 Å². The number of amides is 1. The molecule has 184 valence electrons. The van der Waals surface area contributed by atoms with Crippen molar-refractivity contribution in [2.24, 2.45) is 0 Å². The van der Waals surface area contributed by atoms with Crippen LogP contribution in [0, 0.1) is 0 Å². The molecule has 7 heteroatoms. The number of piperazine rings is 1. The minimum Gasteiger partial charge on any atom is -0.484 e. The van der Waals surface area contributed by atoms with Crippen LogP contribution >= 0.6 is 0 Å². The van der Waals surface area contributed by atoms with Crippen LogP contribution in [0.1, 0.15) is 11.1 Å². The number of nitrogens with one attached hydrogen (secondary N) is 1. The number of hydrogen-bond donors (Lipinski definition) is 1. The standard InChI is InChI=1S/C29H29N3O4/c33-28(21-35-26-12-8-24-9-13-29(34)36-27(24)18-26)30-25-10-6-23(7-11-25)20-32-16-14-31(15-17-32)19-22-4-2-1-3-5-22/h1-13,18H,14-17,19-21H2,(H,30,33). The van der Waals surface area contributed by atoms with Crippen LogP contribution in [0.5, 0.6) is 5.75 Å². The summed E-state index contributed by atoms with van der Waals surface area (Å²) in [5.74, 6) is 0.207. The highest BCUT2D eigenvalue weighted by molar-refractivity contribution is 5.92. The van der Waals surface area contributed by atoms with E-state index in [1.807, 2.05) is 12.1 Å². The van der Waals surface area contributed by atoms with Crippen molar-refractivity contribution in [3.05, 3.63) is 106 Å². The molecule has 5 rings (SSSR count). The summed E-state index contributed by atoms with van der Waals surface area (Å²) in [6, 6.07) is 26.8. The van der Waals surface area contributed by atoms with E-state index >= 15 is 0 Å². The molecule has 7 nitrogen and oxygen atoms in total. The molecule has 1 fully saturated rings. The van der Waals surface area contributed by atoms with E-state index in [2.05, 4.69) is 57.6 Å². The minimum atomic E-state index is -0.425. The van der Waals surface area contributed by atoms with Gasteiger partial charge in [-0.1, -0.05) is 42.5 Å². The lowest BCUT2D eigenvalue weighted by atomic mass is 10.1. The van der Waals surface area contributed by atoms with Crippen molar-refractivity contribution in [1.82, 2.24) is 9.80 Å². The van der Waals surface area contributed by atoms with Crippen LogP contribution in [0.3, 0.4) is 0 Å². The molecule has 1 saturated heterocycles. The zero-order chi connectivity index (χ0) is 24.7. The molecule has 0 atom stereocenters. The second-order valence-corrected chi connectivity index (χ2v) is 9.03. The van der Waals surface area contributed by atoms with Gasteiger partial charge in [0.15, 0.2) is 6.61 Å². The van der Waals surface area contributed by atoms with Gasteiger partial charge in [-0.25, -0.2) is 4.79 Å². The summed E-state index contributed by atoms with van der Waals surface area (Å²) in [5, 5.41) is 3.65. The van der Waals surface area contributed by atoms with E-state index in [4.69, 9.17) is 9.15 Å². The van der Waals surface area contributed by atoms with E-state index in [9.17, 15) is 9.59 Å². The topological polar surface area (TPSA) is 75.0 Å². The third kappa shape index (κ3) is 6.38. The first-order chi connectivity index (χ1) is 17.6. The molecule has 1 aromatic heterocycles. The average molecular weight is 484 g/mol. The molecule has 0 saturated carbocycles. The fourth-order valence-corrected chi connectivity index (χ4v) is 4.38. The molecule has 36 heavy (non-hydrogen) atoms. The molecule has 0 bridgehead atoms. The molecule has 1 N–H and O–H groups in total. The molecule has 4 aromatic rings. The molecular weight excluding hydrogens is 454 g/mol. The summed E-state index contributed by atoms with van der Waals surface area (Å²) in [6.45, 7) is 5.97. The van der Waals surface area contributed by atoms with E-state index in [0.717, 1.165) is 50.3 Å². The third-order valence-corrected chi connectivity index (χ3v) is 6.32. The van der Waals surface area contributed by atoms with Crippen molar-refractivity contribution in [1.29, 1.82) is 0 Å². The van der Waals surface area contributed by atoms with Crippen LogP contribution in [0.4, 0.5) is 5.69 Å². The summed E-state index contributed by atoms with van der Waals surface area (Å²) in [6.07, 6.45) is 0. The monoisotopic (exact) mass is 483 g/mol. The highest BCUT2D eigenvalue weighted by Gasteiger charge is 2.17. The Morgan fingerprint density at radius 3 is 2.14 bits per heavy atom. The van der Waals surface area contributed by atoms with Gasteiger partial charge in [0, 0.05) is 62.5 Å². The maximum absolute atomic E-state index is 12.3. The molecule has 0 unspecified atom stereocenters. The first-order valence-corrected chi connectivity index (χ1v) is 12.1. The third-order valence-electron chi connectivity index (χ3n) is 6.32. The first-order valence-electron chi connectivity index (χ1n) is 12.1. The van der Waals surface area contributed by atoms with Crippen molar-refractivity contribution < 1.29 is 13.9 Å². The predicted octanol–water partition coefficient (Wildman–Crippen LogP) is 4.13. The summed E-state index contributed by atoms with van der Waals surface area (Å²) in [7, 11) is 0. The highest BCUT2D eigenvalue weighted by Crippen LogP contribution is 2.20. The Labute approximate surface area is 209 Å². The largest absolute Gasteiger partial charge is 0.484 e. The Hall–Kier alpha value is -3.94. The van der Waals surface area contributed by atoms with Crippen LogP contribution in [0.25, 0.3) is 11.0 Å². The lowest BCUT2D eigenvalue weighted by Gasteiger charge is -2.34. The van der Waals surface area contributed by atoms with Crippen LogP contribution in [0.15, 0.2) is 94.1 Å². The number of fused-ring (bicyclic) bond motifs is 1. The van der Waals surface area contributed by atoms with Crippen molar-refractivity contribution in [3.8, 4) is 5.75 Å². The first kappa shape index (κ1) is 23.8. The Morgan fingerprint density at radius 1 is 0.806 bits per heavy atom. The number of rotatable bonds is 8. The molecule has 0 aliphatic carbocycles. The molecule has 1 aliphatic heterocycles. The van der Waals surface area contributed by atoms with E-state index in [0.29, 0.717) is 11.3 Å². The van der Waals surface area contributed by atoms with Gasteiger partial charge in [0.05, 0.1) is 0 Å². The number of ether oxygens (including phenoxy) is 1. The zero-order valence-corrected chi connectivity index (χ0v) is 20.1. The Balaban J connectivity index is 1.06. The molecule has 1 aliphatic rings. The summed E-state index contributed by atoms with van der Waals surface area (Å²) < 4.78 is 10.7. The normalized spacial score (nSPS) is 14.6. The van der Waals surface area contributed by atoms with Crippen molar-refractivity contribution >= 4 is 22.6 Å². The lowest BCUT2D eigenvalue weighted by molar-refractivity contribution is -0.118. The Bertz CT molecular complexity index is 1360. The van der Waals surface area contributed by atoms with Gasteiger partial charge in [0.2, 0.25) is 0 Å². The Morgan fingerprint density at radius 2 is 1.44 bits per heavy atom.